The van der Waals surface area contributed by atoms with Crippen LogP contribution in [0.25, 0.3) is 0 Å². The summed E-state index contributed by atoms with van der Waals surface area (Å²) in [6.07, 6.45) is 0. The molecule has 0 radical (unpaired) electrons. The predicted molar refractivity (Wildman–Crippen MR) is 72.1 cm³/mol. The molecule has 22 heavy (non-hydrogen) atoms. The number of phenolic OH excluding ortho intramolecular Hbond substituents is 1. The third-order valence-corrected chi connectivity index (χ3v) is 2.54. The van der Waals surface area contributed by atoms with E-state index in [0.717, 1.165) is 18.2 Å². The number of benzene rings is 1. The van der Waals surface area contributed by atoms with Crippen LogP contribution in [0, 0.1) is 10.1 Å². The first-order valence-electron chi connectivity index (χ1n) is 5.97. The maximum Gasteiger partial charge on any atom is 0.369 e. The van der Waals surface area contributed by atoms with E-state index in [1.807, 2.05) is 0 Å². The molecule has 0 spiro atoms. The standard InChI is InChI=1S/C12H11N3O7/c1-12(2)21-10(17)9(11(18)22-12)14-13-7-5-6(15(19)20)3-4-8(7)16/h3-5,13,16H,1-2H3. The van der Waals surface area contributed by atoms with Gasteiger partial charge < -0.3 is 14.6 Å². The van der Waals surface area contributed by atoms with E-state index in [1.165, 1.54) is 13.8 Å². The summed E-state index contributed by atoms with van der Waals surface area (Å²) in [6, 6.07) is 3.14. The minimum atomic E-state index is -1.40. The zero-order valence-corrected chi connectivity index (χ0v) is 11.5. The Bertz CT molecular complexity index is 674. The highest BCUT2D eigenvalue weighted by atomic mass is 16.7. The Morgan fingerprint density at radius 1 is 1.27 bits per heavy atom. The number of nitro groups is 1. The molecular weight excluding hydrogens is 298 g/mol. The molecule has 1 aliphatic rings. The molecule has 10 heteroatoms. The number of anilines is 1. The smallest absolute Gasteiger partial charge is 0.369 e. The van der Waals surface area contributed by atoms with E-state index in [9.17, 15) is 24.8 Å². The van der Waals surface area contributed by atoms with E-state index >= 15 is 0 Å². The van der Waals surface area contributed by atoms with Crippen LogP contribution in [0.5, 0.6) is 5.75 Å². The minimum Gasteiger partial charge on any atom is -0.506 e. The summed E-state index contributed by atoms with van der Waals surface area (Å²) in [5.41, 5.74) is 1.05. The van der Waals surface area contributed by atoms with Crippen molar-refractivity contribution in [2.24, 2.45) is 5.10 Å². The van der Waals surface area contributed by atoms with Crippen molar-refractivity contribution < 1.29 is 29.1 Å². The van der Waals surface area contributed by atoms with Crippen LogP contribution in [0.2, 0.25) is 0 Å². The third kappa shape index (κ3) is 3.11. The lowest BCUT2D eigenvalue weighted by molar-refractivity contribution is -0.384. The molecule has 0 atom stereocenters. The molecular formula is C12H11N3O7. The lowest BCUT2D eigenvalue weighted by Crippen LogP contribution is -2.47. The van der Waals surface area contributed by atoms with Crippen molar-refractivity contribution in [2.75, 3.05) is 5.43 Å². The van der Waals surface area contributed by atoms with Crippen molar-refractivity contribution >= 4 is 29.0 Å². The fraction of sp³-hybridized carbons (Fsp3) is 0.250. The first kappa shape index (κ1) is 15.2. The predicted octanol–water partition coefficient (Wildman–Crippen LogP) is 0.904. The quantitative estimate of drug-likeness (QED) is 0.363. The fourth-order valence-corrected chi connectivity index (χ4v) is 1.58. The highest BCUT2D eigenvalue weighted by Crippen LogP contribution is 2.28. The SMILES string of the molecule is CC1(C)OC(=O)C(=NNc2cc([N+](=O)[O-])ccc2O)C(=O)O1. The van der Waals surface area contributed by atoms with Crippen LogP contribution in [0.4, 0.5) is 11.4 Å². The molecule has 1 aliphatic heterocycles. The topological polar surface area (TPSA) is 140 Å². The van der Waals surface area contributed by atoms with E-state index in [0.29, 0.717) is 0 Å². The molecule has 0 amide bonds. The van der Waals surface area contributed by atoms with Gasteiger partial charge in [-0.3, -0.25) is 15.5 Å². The number of nitrogens with zero attached hydrogens (tertiary/aromatic N) is 2. The second-order valence-corrected chi connectivity index (χ2v) is 4.71. The van der Waals surface area contributed by atoms with Gasteiger partial charge in [-0.05, 0) is 6.07 Å². The molecule has 0 aliphatic carbocycles. The first-order valence-corrected chi connectivity index (χ1v) is 5.97. The van der Waals surface area contributed by atoms with Crippen LogP contribution in [0.1, 0.15) is 13.8 Å². The van der Waals surface area contributed by atoms with Crippen molar-refractivity contribution in [2.45, 2.75) is 19.6 Å². The second kappa shape index (κ2) is 5.31. The maximum absolute atomic E-state index is 11.6. The van der Waals surface area contributed by atoms with E-state index in [1.54, 1.807) is 0 Å². The van der Waals surface area contributed by atoms with Gasteiger partial charge in [0.1, 0.15) is 11.4 Å². The molecule has 1 saturated heterocycles. The molecule has 1 heterocycles. The van der Waals surface area contributed by atoms with Gasteiger partial charge in [-0.2, -0.15) is 5.10 Å². The summed E-state index contributed by atoms with van der Waals surface area (Å²) >= 11 is 0. The summed E-state index contributed by atoms with van der Waals surface area (Å²) in [7, 11) is 0. The molecule has 1 aromatic carbocycles. The summed E-state index contributed by atoms with van der Waals surface area (Å²) in [5, 5.41) is 23.7. The van der Waals surface area contributed by atoms with Gasteiger partial charge in [0.2, 0.25) is 0 Å². The summed E-state index contributed by atoms with van der Waals surface area (Å²) < 4.78 is 9.63. The number of hydrogen-bond acceptors (Lipinski definition) is 9. The number of aromatic hydroxyl groups is 1. The van der Waals surface area contributed by atoms with Crippen LogP contribution in [0.15, 0.2) is 23.3 Å². The summed E-state index contributed by atoms with van der Waals surface area (Å²) in [6.45, 7) is 2.75. The van der Waals surface area contributed by atoms with E-state index < -0.39 is 28.4 Å². The van der Waals surface area contributed by atoms with Gasteiger partial charge in [-0.1, -0.05) is 0 Å². The van der Waals surface area contributed by atoms with Crippen LogP contribution < -0.4 is 5.43 Å². The molecule has 0 aromatic heterocycles. The van der Waals surface area contributed by atoms with Crippen LogP contribution >= 0.6 is 0 Å². The third-order valence-electron chi connectivity index (χ3n) is 2.54. The number of nitro benzene ring substituents is 1. The number of hydrazone groups is 1. The van der Waals surface area contributed by atoms with Crippen molar-refractivity contribution in [3.8, 4) is 5.75 Å². The Hall–Kier alpha value is -3.17. The molecule has 2 rings (SSSR count). The molecule has 1 aromatic rings. The summed E-state index contributed by atoms with van der Waals surface area (Å²) in [5.74, 6) is -3.79. The van der Waals surface area contributed by atoms with Gasteiger partial charge >= 0.3 is 11.9 Å². The van der Waals surface area contributed by atoms with Gasteiger partial charge in [0.25, 0.3) is 17.2 Å². The number of carbonyl (C=O) groups is 2. The van der Waals surface area contributed by atoms with Crippen molar-refractivity contribution in [1.29, 1.82) is 0 Å². The number of carbonyl (C=O) groups excluding carboxylic acids is 2. The zero-order chi connectivity index (χ0) is 16.5. The number of phenols is 1. The van der Waals surface area contributed by atoms with E-state index in [-0.39, 0.29) is 17.1 Å². The van der Waals surface area contributed by atoms with Gasteiger partial charge in [0.05, 0.1) is 4.92 Å². The van der Waals surface area contributed by atoms with Crippen molar-refractivity contribution in [3.63, 3.8) is 0 Å². The normalized spacial score (nSPS) is 16.5. The number of ether oxygens (including phenoxy) is 2. The van der Waals surface area contributed by atoms with Crippen LogP contribution in [-0.4, -0.2) is 33.5 Å². The average molecular weight is 309 g/mol. The number of nitrogens with one attached hydrogen (secondary N) is 1. The molecule has 0 bridgehead atoms. The lowest BCUT2D eigenvalue weighted by atomic mass is 10.2. The Balaban J connectivity index is 2.25. The van der Waals surface area contributed by atoms with Crippen molar-refractivity contribution in [3.05, 3.63) is 28.3 Å². The minimum absolute atomic E-state index is 0.160. The molecule has 10 nitrogen and oxygen atoms in total. The average Bonchev–Trinajstić information content (AvgIpc) is 2.38. The Labute approximate surface area is 123 Å². The molecule has 1 fully saturated rings. The van der Waals surface area contributed by atoms with Gasteiger partial charge in [-0.15, -0.1) is 0 Å². The van der Waals surface area contributed by atoms with Gasteiger partial charge in [-0.25, -0.2) is 9.59 Å². The molecule has 116 valence electrons. The van der Waals surface area contributed by atoms with Crippen LogP contribution in [0.3, 0.4) is 0 Å². The Morgan fingerprint density at radius 3 is 2.41 bits per heavy atom. The maximum atomic E-state index is 11.6. The first-order chi connectivity index (χ1) is 10.2. The zero-order valence-electron chi connectivity index (χ0n) is 11.5. The number of cyclic esters (lactones) is 2. The van der Waals surface area contributed by atoms with E-state index in [2.05, 4.69) is 10.5 Å². The highest BCUT2D eigenvalue weighted by molar-refractivity contribution is 6.63. The fourth-order valence-electron chi connectivity index (χ4n) is 1.58. The molecule has 2 N–H and O–H groups in total. The number of rotatable bonds is 3. The monoisotopic (exact) mass is 309 g/mol. The largest absolute Gasteiger partial charge is 0.506 e. The number of hydrogen-bond donors (Lipinski definition) is 2. The Kier molecular flexibility index (Phi) is 3.68. The van der Waals surface area contributed by atoms with Crippen LogP contribution in [-0.2, 0) is 19.1 Å². The van der Waals surface area contributed by atoms with E-state index in [4.69, 9.17) is 9.47 Å². The number of esters is 2. The molecule has 0 unspecified atom stereocenters. The highest BCUT2D eigenvalue weighted by Gasteiger charge is 2.40. The summed E-state index contributed by atoms with van der Waals surface area (Å²) in [4.78, 5) is 33.3. The van der Waals surface area contributed by atoms with Crippen molar-refractivity contribution in [1.82, 2.24) is 0 Å². The van der Waals surface area contributed by atoms with Gasteiger partial charge in [0.15, 0.2) is 0 Å². The van der Waals surface area contributed by atoms with Gasteiger partial charge in [0, 0.05) is 26.0 Å². The second-order valence-electron chi connectivity index (χ2n) is 4.71. The molecule has 0 saturated carbocycles. The Morgan fingerprint density at radius 2 is 1.86 bits per heavy atom. The number of non-ortho nitro benzene ring substituents is 1. The lowest BCUT2D eigenvalue weighted by Gasteiger charge is -2.28.